The Labute approximate surface area is 199 Å². The molecule has 3 fully saturated rings. The summed E-state index contributed by atoms with van der Waals surface area (Å²) < 4.78 is 0. The molecule has 0 spiro atoms. The first kappa shape index (κ1) is 23.5. The molecule has 32 heavy (non-hydrogen) atoms. The van der Waals surface area contributed by atoms with E-state index in [1.54, 1.807) is 0 Å². The molecule has 2 N–H and O–H groups in total. The van der Waals surface area contributed by atoms with Crippen molar-refractivity contribution in [3.63, 3.8) is 0 Å². The predicted octanol–water partition coefficient (Wildman–Crippen LogP) is 5.35. The quantitative estimate of drug-likeness (QED) is 0.466. The molecule has 178 valence electrons. The standard InChI is InChI=1S/C25H42N6S/c1-19-15-20(2)18-31(17-19)23-16-22(30-13-9-5-6-10-14-30)27-24(28-23)29-25(32)26-21-11-7-3-4-8-12-21/h16,19-21H,3-15,17-18H2,1-2H3,(H2,26,27,28,29,32). The van der Waals surface area contributed by atoms with Crippen LogP contribution < -0.4 is 20.4 Å². The molecule has 6 nitrogen and oxygen atoms in total. The summed E-state index contributed by atoms with van der Waals surface area (Å²) in [4.78, 5) is 14.8. The fraction of sp³-hybridized carbons (Fsp3) is 0.800. The van der Waals surface area contributed by atoms with E-state index >= 15 is 0 Å². The van der Waals surface area contributed by atoms with Crippen molar-refractivity contribution in [1.82, 2.24) is 15.3 Å². The predicted molar refractivity (Wildman–Crippen MR) is 139 cm³/mol. The molecule has 1 saturated carbocycles. The molecule has 2 aliphatic heterocycles. The summed E-state index contributed by atoms with van der Waals surface area (Å²) in [6.45, 7) is 8.98. The van der Waals surface area contributed by atoms with E-state index in [-0.39, 0.29) is 0 Å². The van der Waals surface area contributed by atoms with Gasteiger partial charge in [0.15, 0.2) is 5.11 Å². The molecular formula is C25H42N6S. The molecule has 2 saturated heterocycles. The number of hydrogen-bond donors (Lipinski definition) is 2. The second kappa shape index (κ2) is 11.5. The summed E-state index contributed by atoms with van der Waals surface area (Å²) in [6, 6.07) is 2.68. The van der Waals surface area contributed by atoms with Gasteiger partial charge in [-0.2, -0.15) is 9.97 Å². The van der Waals surface area contributed by atoms with E-state index < -0.39 is 0 Å². The van der Waals surface area contributed by atoms with Crippen LogP contribution in [0.3, 0.4) is 0 Å². The van der Waals surface area contributed by atoms with Crippen LogP contribution in [0.2, 0.25) is 0 Å². The monoisotopic (exact) mass is 458 g/mol. The normalized spacial score (nSPS) is 25.7. The lowest BCUT2D eigenvalue weighted by molar-refractivity contribution is 0.355. The SMILES string of the molecule is CC1CC(C)CN(c2cc(N3CCCCCC3)nc(NC(=S)NC3CCCCCC3)n2)C1. The Bertz CT molecular complexity index is 730. The highest BCUT2D eigenvalue weighted by atomic mass is 32.1. The van der Waals surface area contributed by atoms with E-state index in [9.17, 15) is 0 Å². The van der Waals surface area contributed by atoms with Gasteiger partial charge in [-0.25, -0.2) is 0 Å². The molecule has 2 atom stereocenters. The van der Waals surface area contributed by atoms with Gasteiger partial charge >= 0.3 is 0 Å². The Morgan fingerprint density at radius 2 is 1.41 bits per heavy atom. The van der Waals surface area contributed by atoms with Crippen molar-refractivity contribution >= 4 is 34.9 Å². The van der Waals surface area contributed by atoms with Crippen molar-refractivity contribution in [2.24, 2.45) is 11.8 Å². The van der Waals surface area contributed by atoms with Crippen LogP contribution in [0.5, 0.6) is 0 Å². The largest absolute Gasteiger partial charge is 0.360 e. The van der Waals surface area contributed by atoms with Crippen LogP contribution in [0.4, 0.5) is 17.6 Å². The Balaban J connectivity index is 1.52. The number of rotatable bonds is 4. The number of piperidine rings is 1. The summed E-state index contributed by atoms with van der Waals surface area (Å²) in [5, 5.41) is 7.56. The molecule has 7 heteroatoms. The van der Waals surface area contributed by atoms with Crippen LogP contribution in [0.25, 0.3) is 0 Å². The van der Waals surface area contributed by atoms with Gasteiger partial charge in [0.05, 0.1) is 0 Å². The Hall–Kier alpha value is -1.63. The maximum absolute atomic E-state index is 5.69. The zero-order valence-electron chi connectivity index (χ0n) is 20.1. The number of aromatic nitrogens is 2. The van der Waals surface area contributed by atoms with E-state index in [1.807, 2.05) is 0 Å². The number of nitrogens with one attached hydrogen (secondary N) is 2. The maximum Gasteiger partial charge on any atom is 0.232 e. The zero-order chi connectivity index (χ0) is 22.3. The van der Waals surface area contributed by atoms with Gasteiger partial charge in [-0.1, -0.05) is 52.4 Å². The Morgan fingerprint density at radius 3 is 2.03 bits per heavy atom. The van der Waals surface area contributed by atoms with Gasteiger partial charge in [0.25, 0.3) is 0 Å². The van der Waals surface area contributed by atoms with Gasteiger partial charge in [-0.3, -0.25) is 0 Å². The summed E-state index contributed by atoms with van der Waals surface area (Å²) in [5.74, 6) is 4.09. The third kappa shape index (κ3) is 6.69. The molecule has 3 aliphatic rings. The lowest BCUT2D eigenvalue weighted by atomic mass is 9.92. The fourth-order valence-corrected chi connectivity index (χ4v) is 5.96. The third-order valence-electron chi connectivity index (χ3n) is 7.24. The van der Waals surface area contributed by atoms with Crippen molar-refractivity contribution in [1.29, 1.82) is 0 Å². The molecule has 0 aromatic carbocycles. The van der Waals surface area contributed by atoms with Gasteiger partial charge in [-0.05, 0) is 56.2 Å². The van der Waals surface area contributed by atoms with Crippen LogP contribution >= 0.6 is 12.2 Å². The molecule has 2 unspecified atom stereocenters. The first-order valence-corrected chi connectivity index (χ1v) is 13.4. The molecule has 0 bridgehead atoms. The highest BCUT2D eigenvalue weighted by molar-refractivity contribution is 7.80. The fourth-order valence-electron chi connectivity index (χ4n) is 5.70. The van der Waals surface area contributed by atoms with Gasteiger partial charge in [0, 0.05) is 38.3 Å². The summed E-state index contributed by atoms with van der Waals surface area (Å²) >= 11 is 5.69. The molecule has 1 aromatic rings. The minimum atomic E-state index is 0.467. The van der Waals surface area contributed by atoms with Crippen molar-refractivity contribution in [3.05, 3.63) is 6.07 Å². The van der Waals surface area contributed by atoms with E-state index in [2.05, 4.69) is 40.3 Å². The number of thiocarbonyl (C=S) groups is 1. The minimum Gasteiger partial charge on any atom is -0.360 e. The molecule has 0 amide bonds. The molecular weight excluding hydrogens is 416 g/mol. The van der Waals surface area contributed by atoms with E-state index in [0.29, 0.717) is 28.9 Å². The van der Waals surface area contributed by atoms with Gasteiger partial charge in [0.1, 0.15) is 11.6 Å². The van der Waals surface area contributed by atoms with Crippen LogP contribution in [-0.4, -0.2) is 47.3 Å². The van der Waals surface area contributed by atoms with Crippen molar-refractivity contribution < 1.29 is 0 Å². The second-order valence-corrected chi connectivity index (χ2v) is 10.9. The first-order chi connectivity index (χ1) is 15.6. The molecule has 0 radical (unpaired) electrons. The van der Waals surface area contributed by atoms with E-state index in [1.165, 1.54) is 70.6 Å². The Kier molecular flexibility index (Phi) is 8.44. The second-order valence-electron chi connectivity index (χ2n) is 10.4. The van der Waals surface area contributed by atoms with Crippen molar-refractivity contribution in [2.75, 3.05) is 41.3 Å². The van der Waals surface area contributed by atoms with E-state index in [4.69, 9.17) is 22.2 Å². The van der Waals surface area contributed by atoms with Gasteiger partial charge in [0.2, 0.25) is 5.95 Å². The average Bonchev–Trinajstić information content (AvgIpc) is 3.18. The van der Waals surface area contributed by atoms with Crippen LogP contribution in [0.1, 0.15) is 84.5 Å². The number of anilines is 3. The summed E-state index contributed by atoms with van der Waals surface area (Å²) in [5.41, 5.74) is 0. The summed E-state index contributed by atoms with van der Waals surface area (Å²) in [6.07, 6.45) is 14.1. The topological polar surface area (TPSA) is 56.3 Å². The van der Waals surface area contributed by atoms with Crippen LogP contribution in [0.15, 0.2) is 6.07 Å². The zero-order valence-corrected chi connectivity index (χ0v) is 20.9. The van der Waals surface area contributed by atoms with Crippen LogP contribution in [-0.2, 0) is 0 Å². The average molecular weight is 459 g/mol. The lowest BCUT2D eigenvalue weighted by Crippen LogP contribution is -2.40. The van der Waals surface area contributed by atoms with Gasteiger partial charge in [-0.15, -0.1) is 0 Å². The Morgan fingerprint density at radius 1 is 0.844 bits per heavy atom. The first-order valence-electron chi connectivity index (χ1n) is 13.0. The molecule has 1 aromatic heterocycles. The van der Waals surface area contributed by atoms with E-state index in [0.717, 1.165) is 37.8 Å². The van der Waals surface area contributed by atoms with Crippen LogP contribution in [0, 0.1) is 11.8 Å². The minimum absolute atomic E-state index is 0.467. The molecule has 4 rings (SSSR count). The van der Waals surface area contributed by atoms with Crippen molar-refractivity contribution in [2.45, 2.75) is 90.5 Å². The maximum atomic E-state index is 5.69. The molecule has 3 heterocycles. The van der Waals surface area contributed by atoms with Gasteiger partial charge < -0.3 is 20.4 Å². The molecule has 1 aliphatic carbocycles. The third-order valence-corrected chi connectivity index (χ3v) is 7.46. The number of nitrogens with zero attached hydrogens (tertiary/aromatic N) is 4. The highest BCUT2D eigenvalue weighted by Gasteiger charge is 2.25. The van der Waals surface area contributed by atoms with Crippen molar-refractivity contribution in [3.8, 4) is 0 Å². The summed E-state index contributed by atoms with van der Waals surface area (Å²) in [7, 11) is 0. The lowest BCUT2D eigenvalue weighted by Gasteiger charge is -2.36. The number of hydrogen-bond acceptors (Lipinski definition) is 5. The smallest absolute Gasteiger partial charge is 0.232 e. The highest BCUT2D eigenvalue weighted by Crippen LogP contribution is 2.29.